The number of ether oxygens (including phenoxy) is 2. The number of benzene rings is 1. The standard InChI is InChI=1S/C12H13F2N3O2/c13-7-3-9(14)11-10(4-7)17(12(15)16-11)5-8-6-18-1-2-19-8/h3-4,8H,1-2,5-6H2,(H2,15,16). The van der Waals surface area contributed by atoms with Crippen molar-refractivity contribution in [2.75, 3.05) is 25.6 Å². The topological polar surface area (TPSA) is 62.3 Å². The lowest BCUT2D eigenvalue weighted by atomic mass is 10.2. The average Bonchev–Trinajstić information content (AvgIpc) is 2.69. The maximum absolute atomic E-state index is 13.6. The van der Waals surface area contributed by atoms with Crippen molar-refractivity contribution in [3.05, 3.63) is 23.8 Å². The first kappa shape index (κ1) is 12.3. The lowest BCUT2D eigenvalue weighted by Crippen LogP contribution is -2.32. The number of nitrogens with two attached hydrogens (primary N) is 1. The molecule has 1 atom stereocenters. The van der Waals surface area contributed by atoms with Crippen molar-refractivity contribution >= 4 is 17.0 Å². The van der Waals surface area contributed by atoms with E-state index in [1.807, 2.05) is 0 Å². The van der Waals surface area contributed by atoms with Gasteiger partial charge in [-0.2, -0.15) is 0 Å². The van der Waals surface area contributed by atoms with Gasteiger partial charge in [-0.15, -0.1) is 0 Å². The number of rotatable bonds is 2. The van der Waals surface area contributed by atoms with Gasteiger partial charge in [0.05, 0.1) is 38.0 Å². The van der Waals surface area contributed by atoms with Gasteiger partial charge >= 0.3 is 0 Å². The zero-order valence-corrected chi connectivity index (χ0v) is 10.1. The second-order valence-electron chi connectivity index (χ2n) is 4.40. The van der Waals surface area contributed by atoms with Crippen molar-refractivity contribution in [3.8, 4) is 0 Å². The highest BCUT2D eigenvalue weighted by atomic mass is 19.1. The molecule has 2 aromatic rings. The number of nitrogen functional groups attached to an aromatic ring is 1. The van der Waals surface area contributed by atoms with Crippen molar-refractivity contribution in [2.24, 2.45) is 0 Å². The van der Waals surface area contributed by atoms with E-state index in [9.17, 15) is 8.78 Å². The fourth-order valence-corrected chi connectivity index (χ4v) is 2.20. The van der Waals surface area contributed by atoms with E-state index in [0.717, 1.165) is 6.07 Å². The van der Waals surface area contributed by atoms with Gasteiger partial charge in [0.25, 0.3) is 0 Å². The summed E-state index contributed by atoms with van der Waals surface area (Å²) < 4.78 is 39.2. The van der Waals surface area contributed by atoms with Crippen LogP contribution in [0.3, 0.4) is 0 Å². The predicted octanol–water partition coefficient (Wildman–Crippen LogP) is 1.31. The highest BCUT2D eigenvalue weighted by Gasteiger charge is 2.20. The predicted molar refractivity (Wildman–Crippen MR) is 64.6 cm³/mol. The van der Waals surface area contributed by atoms with Crippen LogP contribution in [-0.4, -0.2) is 35.5 Å². The number of imidazole rings is 1. The van der Waals surface area contributed by atoms with Crippen LogP contribution in [0.25, 0.3) is 11.0 Å². The van der Waals surface area contributed by atoms with E-state index < -0.39 is 11.6 Å². The summed E-state index contributed by atoms with van der Waals surface area (Å²) in [4.78, 5) is 3.92. The van der Waals surface area contributed by atoms with E-state index in [0.29, 0.717) is 31.9 Å². The minimum absolute atomic E-state index is 0.0654. The number of anilines is 1. The van der Waals surface area contributed by atoms with Crippen LogP contribution in [0.4, 0.5) is 14.7 Å². The van der Waals surface area contributed by atoms with Crippen LogP contribution in [0, 0.1) is 11.6 Å². The van der Waals surface area contributed by atoms with Gasteiger partial charge in [0, 0.05) is 12.1 Å². The molecule has 2 heterocycles. The molecule has 3 rings (SSSR count). The Morgan fingerprint density at radius 1 is 1.37 bits per heavy atom. The molecular formula is C12H13F2N3O2. The Labute approximate surface area is 107 Å². The van der Waals surface area contributed by atoms with Gasteiger partial charge in [0.1, 0.15) is 11.3 Å². The number of aromatic nitrogens is 2. The van der Waals surface area contributed by atoms with Crippen LogP contribution in [-0.2, 0) is 16.0 Å². The molecule has 0 radical (unpaired) electrons. The molecule has 1 unspecified atom stereocenters. The molecule has 0 aliphatic carbocycles. The highest BCUT2D eigenvalue weighted by Crippen LogP contribution is 2.23. The SMILES string of the molecule is Nc1nc2c(F)cc(F)cc2n1CC1COCCO1. The van der Waals surface area contributed by atoms with Gasteiger partial charge in [0.2, 0.25) is 5.95 Å². The Kier molecular flexibility index (Phi) is 3.08. The molecule has 19 heavy (non-hydrogen) atoms. The first-order valence-corrected chi connectivity index (χ1v) is 5.95. The third-order valence-corrected chi connectivity index (χ3v) is 3.07. The van der Waals surface area contributed by atoms with Crippen LogP contribution in [0.15, 0.2) is 12.1 Å². The fraction of sp³-hybridized carbons (Fsp3) is 0.417. The molecule has 102 valence electrons. The molecule has 1 aliphatic heterocycles. The molecular weight excluding hydrogens is 256 g/mol. The van der Waals surface area contributed by atoms with E-state index >= 15 is 0 Å². The molecule has 0 spiro atoms. The van der Waals surface area contributed by atoms with Gasteiger partial charge < -0.3 is 19.8 Å². The van der Waals surface area contributed by atoms with Gasteiger partial charge in [-0.05, 0) is 0 Å². The molecule has 1 fully saturated rings. The van der Waals surface area contributed by atoms with Crippen LogP contribution in [0.2, 0.25) is 0 Å². The average molecular weight is 269 g/mol. The largest absolute Gasteiger partial charge is 0.376 e. The summed E-state index contributed by atoms with van der Waals surface area (Å²) >= 11 is 0. The van der Waals surface area contributed by atoms with Crippen LogP contribution < -0.4 is 5.73 Å². The molecule has 1 saturated heterocycles. The van der Waals surface area contributed by atoms with Crippen molar-refractivity contribution < 1.29 is 18.3 Å². The Bertz CT molecular complexity index is 609. The van der Waals surface area contributed by atoms with E-state index in [4.69, 9.17) is 15.2 Å². The summed E-state index contributed by atoms with van der Waals surface area (Å²) in [5.41, 5.74) is 6.14. The van der Waals surface area contributed by atoms with E-state index in [1.165, 1.54) is 6.07 Å². The molecule has 7 heteroatoms. The summed E-state index contributed by atoms with van der Waals surface area (Å²) in [7, 11) is 0. The molecule has 1 aromatic carbocycles. The summed E-state index contributed by atoms with van der Waals surface area (Å²) in [5, 5.41) is 0. The second kappa shape index (κ2) is 4.75. The Hall–Kier alpha value is -1.73. The van der Waals surface area contributed by atoms with Gasteiger partial charge in [-0.1, -0.05) is 0 Å². The minimum atomic E-state index is -0.721. The zero-order chi connectivity index (χ0) is 13.4. The first-order valence-electron chi connectivity index (χ1n) is 5.95. The number of fused-ring (bicyclic) bond motifs is 1. The summed E-state index contributed by atoms with van der Waals surface area (Å²) in [6, 6.07) is 2.00. The van der Waals surface area contributed by atoms with Crippen LogP contribution >= 0.6 is 0 Å². The normalized spacial score (nSPS) is 20.0. The number of nitrogens with zero attached hydrogens (tertiary/aromatic N) is 2. The summed E-state index contributed by atoms with van der Waals surface area (Å²) in [6.07, 6.45) is -0.195. The molecule has 1 aromatic heterocycles. The van der Waals surface area contributed by atoms with Gasteiger partial charge in [-0.25, -0.2) is 13.8 Å². The molecule has 0 bridgehead atoms. The third-order valence-electron chi connectivity index (χ3n) is 3.07. The van der Waals surface area contributed by atoms with Crippen molar-refractivity contribution in [3.63, 3.8) is 0 Å². The van der Waals surface area contributed by atoms with Gasteiger partial charge in [-0.3, -0.25) is 0 Å². The van der Waals surface area contributed by atoms with Crippen molar-refractivity contribution in [1.29, 1.82) is 0 Å². The Morgan fingerprint density at radius 2 is 2.21 bits per heavy atom. The van der Waals surface area contributed by atoms with Crippen LogP contribution in [0.1, 0.15) is 0 Å². The molecule has 5 nitrogen and oxygen atoms in total. The quantitative estimate of drug-likeness (QED) is 0.893. The van der Waals surface area contributed by atoms with Crippen molar-refractivity contribution in [2.45, 2.75) is 12.6 Å². The number of hydrogen-bond acceptors (Lipinski definition) is 4. The van der Waals surface area contributed by atoms with E-state index in [1.54, 1.807) is 4.57 Å². The number of halogens is 2. The maximum atomic E-state index is 13.6. The van der Waals surface area contributed by atoms with Gasteiger partial charge in [0.15, 0.2) is 5.82 Å². The smallest absolute Gasteiger partial charge is 0.201 e. The maximum Gasteiger partial charge on any atom is 0.201 e. The zero-order valence-electron chi connectivity index (χ0n) is 10.1. The van der Waals surface area contributed by atoms with E-state index in [-0.39, 0.29) is 17.6 Å². The molecule has 0 saturated carbocycles. The second-order valence-corrected chi connectivity index (χ2v) is 4.40. The highest BCUT2D eigenvalue weighted by molar-refractivity contribution is 5.79. The summed E-state index contributed by atoms with van der Waals surface area (Å²) in [5.74, 6) is -1.25. The minimum Gasteiger partial charge on any atom is -0.376 e. The molecule has 2 N–H and O–H groups in total. The molecule has 1 aliphatic rings. The third kappa shape index (κ3) is 2.26. The lowest BCUT2D eigenvalue weighted by molar-refractivity contribution is -0.0930. The lowest BCUT2D eigenvalue weighted by Gasteiger charge is -2.23. The van der Waals surface area contributed by atoms with Crippen LogP contribution in [0.5, 0.6) is 0 Å². The first-order chi connectivity index (χ1) is 9.15. The monoisotopic (exact) mass is 269 g/mol. The van der Waals surface area contributed by atoms with Crippen molar-refractivity contribution in [1.82, 2.24) is 9.55 Å². The molecule has 0 amide bonds. The number of hydrogen-bond donors (Lipinski definition) is 1. The fourth-order valence-electron chi connectivity index (χ4n) is 2.20. The Balaban J connectivity index is 1.99. The summed E-state index contributed by atoms with van der Waals surface area (Å²) in [6.45, 7) is 1.84. The van der Waals surface area contributed by atoms with E-state index in [2.05, 4.69) is 4.98 Å². The Morgan fingerprint density at radius 3 is 2.95 bits per heavy atom.